The van der Waals surface area contributed by atoms with Gasteiger partial charge < -0.3 is 15.4 Å². The normalized spacial score (nSPS) is 12.2. The van der Waals surface area contributed by atoms with Crippen LogP contribution in [0.3, 0.4) is 0 Å². The van der Waals surface area contributed by atoms with Crippen LogP contribution in [0, 0.1) is 0 Å². The van der Waals surface area contributed by atoms with Crippen molar-refractivity contribution < 1.29 is 9.53 Å². The summed E-state index contributed by atoms with van der Waals surface area (Å²) >= 11 is 0. The lowest BCUT2D eigenvalue weighted by Crippen LogP contribution is -2.41. The van der Waals surface area contributed by atoms with Crippen LogP contribution >= 0.6 is 0 Å². The van der Waals surface area contributed by atoms with Crippen LogP contribution in [-0.2, 0) is 9.53 Å². The molecule has 0 spiro atoms. The summed E-state index contributed by atoms with van der Waals surface area (Å²) in [5, 5.41) is 5.61. The van der Waals surface area contributed by atoms with Crippen molar-refractivity contribution in [3.05, 3.63) is 12.2 Å². The van der Waals surface area contributed by atoms with Gasteiger partial charge in [0.15, 0.2) is 0 Å². The molecule has 0 aromatic heterocycles. The molecule has 0 fully saturated rings. The molecule has 0 aromatic carbocycles. The van der Waals surface area contributed by atoms with Gasteiger partial charge in [0, 0.05) is 13.6 Å². The predicted molar refractivity (Wildman–Crippen MR) is 57.2 cm³/mol. The molecular formula is C10H20N2O2. The fraction of sp³-hybridized carbons (Fsp3) is 0.700. The lowest BCUT2D eigenvalue weighted by Gasteiger charge is -2.12. The Kier molecular flexibility index (Phi) is 7.06. The van der Waals surface area contributed by atoms with E-state index in [1.807, 2.05) is 13.8 Å². The summed E-state index contributed by atoms with van der Waals surface area (Å²) in [6.45, 7) is 9.29. The summed E-state index contributed by atoms with van der Waals surface area (Å²) < 4.78 is 5.27. The van der Waals surface area contributed by atoms with Crippen molar-refractivity contribution in [3.63, 3.8) is 0 Å². The number of ether oxygens (including phenoxy) is 1. The van der Waals surface area contributed by atoms with E-state index in [4.69, 9.17) is 4.74 Å². The fourth-order valence-corrected chi connectivity index (χ4v) is 0.903. The third kappa shape index (κ3) is 6.62. The quantitative estimate of drug-likeness (QED) is 0.459. The number of hydrogen-bond donors (Lipinski definition) is 2. The van der Waals surface area contributed by atoms with Gasteiger partial charge in [0.05, 0.1) is 19.3 Å². The van der Waals surface area contributed by atoms with Crippen LogP contribution in [0.5, 0.6) is 0 Å². The molecule has 0 radical (unpaired) electrons. The number of hydrogen-bond acceptors (Lipinski definition) is 3. The first-order valence-corrected chi connectivity index (χ1v) is 4.75. The zero-order valence-electron chi connectivity index (χ0n) is 9.22. The van der Waals surface area contributed by atoms with Crippen molar-refractivity contribution >= 4 is 5.91 Å². The van der Waals surface area contributed by atoms with Gasteiger partial charge in [-0.05, 0) is 13.8 Å². The summed E-state index contributed by atoms with van der Waals surface area (Å²) in [6, 6.07) is -0.173. The Bertz CT molecular complexity index is 193. The molecule has 1 amide bonds. The molecule has 4 heteroatoms. The molecule has 0 rings (SSSR count). The van der Waals surface area contributed by atoms with Crippen LogP contribution in [0.1, 0.15) is 13.8 Å². The second-order valence-electron chi connectivity index (χ2n) is 3.30. The summed E-state index contributed by atoms with van der Waals surface area (Å²) in [5.41, 5.74) is 1.00. The Morgan fingerprint density at radius 3 is 2.71 bits per heavy atom. The Balaban J connectivity index is 3.36. The first kappa shape index (κ1) is 13.1. The van der Waals surface area contributed by atoms with Gasteiger partial charge in [0.1, 0.15) is 0 Å². The molecule has 0 aromatic rings. The zero-order chi connectivity index (χ0) is 11.0. The minimum absolute atomic E-state index is 0.00935. The van der Waals surface area contributed by atoms with Gasteiger partial charge in [0.2, 0.25) is 5.91 Å². The highest BCUT2D eigenvalue weighted by Gasteiger charge is 2.08. The molecule has 0 saturated carbocycles. The van der Waals surface area contributed by atoms with Crippen LogP contribution in [0.4, 0.5) is 0 Å². The second-order valence-corrected chi connectivity index (χ2v) is 3.30. The van der Waals surface area contributed by atoms with Gasteiger partial charge in [-0.2, -0.15) is 0 Å². The lowest BCUT2D eigenvalue weighted by atomic mass is 10.3. The molecule has 0 aliphatic rings. The van der Waals surface area contributed by atoms with Crippen LogP contribution in [-0.4, -0.2) is 38.8 Å². The van der Waals surface area contributed by atoms with Crippen molar-refractivity contribution in [2.75, 3.05) is 26.8 Å². The average Bonchev–Trinajstić information content (AvgIpc) is 2.15. The summed E-state index contributed by atoms with van der Waals surface area (Å²) in [7, 11) is 1.62. The Labute approximate surface area is 85.7 Å². The third-order valence-corrected chi connectivity index (χ3v) is 1.69. The second kappa shape index (κ2) is 7.53. The van der Waals surface area contributed by atoms with E-state index in [1.165, 1.54) is 0 Å². The minimum atomic E-state index is -0.173. The molecule has 0 saturated heterocycles. The Hall–Kier alpha value is -0.870. The lowest BCUT2D eigenvalue weighted by molar-refractivity contribution is -0.122. The SMILES string of the molecule is C=C(C)COCCNC(C)C(=O)NC. The maximum atomic E-state index is 11.1. The zero-order valence-corrected chi connectivity index (χ0v) is 9.22. The molecule has 0 aliphatic carbocycles. The van der Waals surface area contributed by atoms with Crippen molar-refractivity contribution in [2.45, 2.75) is 19.9 Å². The minimum Gasteiger partial charge on any atom is -0.376 e. The van der Waals surface area contributed by atoms with E-state index in [0.29, 0.717) is 19.8 Å². The van der Waals surface area contributed by atoms with E-state index in [2.05, 4.69) is 17.2 Å². The summed E-state index contributed by atoms with van der Waals surface area (Å²) in [6.07, 6.45) is 0. The van der Waals surface area contributed by atoms with E-state index in [1.54, 1.807) is 7.05 Å². The third-order valence-electron chi connectivity index (χ3n) is 1.69. The highest BCUT2D eigenvalue weighted by molar-refractivity contribution is 5.80. The number of carbonyl (C=O) groups is 1. The topological polar surface area (TPSA) is 50.4 Å². The van der Waals surface area contributed by atoms with Crippen molar-refractivity contribution in [1.29, 1.82) is 0 Å². The van der Waals surface area contributed by atoms with E-state index in [0.717, 1.165) is 5.57 Å². The van der Waals surface area contributed by atoms with Gasteiger partial charge in [-0.15, -0.1) is 0 Å². The number of likely N-dealkylation sites (N-methyl/N-ethyl adjacent to an activating group) is 1. The van der Waals surface area contributed by atoms with E-state index >= 15 is 0 Å². The molecule has 2 N–H and O–H groups in total. The first-order chi connectivity index (χ1) is 6.57. The summed E-state index contributed by atoms with van der Waals surface area (Å²) in [4.78, 5) is 11.1. The molecule has 14 heavy (non-hydrogen) atoms. The monoisotopic (exact) mass is 200 g/mol. The van der Waals surface area contributed by atoms with Crippen molar-refractivity contribution in [2.24, 2.45) is 0 Å². The predicted octanol–water partition coefficient (Wildman–Crippen LogP) is 0.303. The average molecular weight is 200 g/mol. The van der Waals surface area contributed by atoms with E-state index < -0.39 is 0 Å². The Morgan fingerprint density at radius 2 is 2.21 bits per heavy atom. The number of nitrogens with one attached hydrogen (secondary N) is 2. The number of amides is 1. The van der Waals surface area contributed by atoms with Crippen LogP contribution in [0.15, 0.2) is 12.2 Å². The van der Waals surface area contributed by atoms with Crippen LogP contribution in [0.2, 0.25) is 0 Å². The molecule has 1 unspecified atom stereocenters. The van der Waals surface area contributed by atoms with E-state index in [9.17, 15) is 4.79 Å². The van der Waals surface area contributed by atoms with Gasteiger partial charge in [-0.25, -0.2) is 0 Å². The van der Waals surface area contributed by atoms with E-state index in [-0.39, 0.29) is 11.9 Å². The highest BCUT2D eigenvalue weighted by atomic mass is 16.5. The fourth-order valence-electron chi connectivity index (χ4n) is 0.903. The van der Waals surface area contributed by atoms with Gasteiger partial charge >= 0.3 is 0 Å². The molecule has 0 heterocycles. The first-order valence-electron chi connectivity index (χ1n) is 4.75. The van der Waals surface area contributed by atoms with Gasteiger partial charge in [-0.3, -0.25) is 4.79 Å². The molecule has 4 nitrogen and oxygen atoms in total. The molecule has 0 aliphatic heterocycles. The molecule has 1 atom stereocenters. The smallest absolute Gasteiger partial charge is 0.236 e. The van der Waals surface area contributed by atoms with Gasteiger partial charge in [-0.1, -0.05) is 12.2 Å². The molecule has 82 valence electrons. The van der Waals surface area contributed by atoms with Crippen LogP contribution < -0.4 is 10.6 Å². The number of rotatable bonds is 7. The Morgan fingerprint density at radius 1 is 1.57 bits per heavy atom. The molecular weight excluding hydrogens is 180 g/mol. The summed E-state index contributed by atoms with van der Waals surface area (Å²) in [5.74, 6) is -0.00935. The molecule has 0 bridgehead atoms. The largest absolute Gasteiger partial charge is 0.376 e. The van der Waals surface area contributed by atoms with Gasteiger partial charge in [0.25, 0.3) is 0 Å². The standard InChI is InChI=1S/C10H20N2O2/c1-8(2)7-14-6-5-12-9(3)10(13)11-4/h9,12H,1,5-7H2,2-4H3,(H,11,13). The maximum absolute atomic E-state index is 11.1. The van der Waals surface area contributed by atoms with Crippen molar-refractivity contribution in [1.82, 2.24) is 10.6 Å². The van der Waals surface area contributed by atoms with Crippen molar-refractivity contribution in [3.8, 4) is 0 Å². The number of carbonyl (C=O) groups excluding carboxylic acids is 1. The highest BCUT2D eigenvalue weighted by Crippen LogP contribution is 1.87. The maximum Gasteiger partial charge on any atom is 0.236 e. The van der Waals surface area contributed by atoms with Crippen LogP contribution in [0.25, 0.3) is 0 Å².